The van der Waals surface area contributed by atoms with Gasteiger partial charge in [-0.2, -0.15) is 5.10 Å². The van der Waals surface area contributed by atoms with Crippen LogP contribution in [-0.4, -0.2) is 28.9 Å². The molecule has 4 nitrogen and oxygen atoms in total. The highest BCUT2D eigenvalue weighted by Crippen LogP contribution is 2.37. The summed E-state index contributed by atoms with van der Waals surface area (Å²) >= 11 is 0. The van der Waals surface area contributed by atoms with Crippen molar-refractivity contribution in [1.29, 1.82) is 0 Å². The molecule has 0 spiro atoms. The standard InChI is InChI=1S/C10H16N4/c1-7-9-10(13(2)12-7)14-5-3-4-8(14)6-11-9/h8,11H,3-6H2,1-2H3/t8-/m0/s1. The lowest BCUT2D eigenvalue weighted by Crippen LogP contribution is -2.40. The van der Waals surface area contributed by atoms with Crippen LogP contribution >= 0.6 is 0 Å². The van der Waals surface area contributed by atoms with Crippen molar-refractivity contribution >= 4 is 11.5 Å². The Hall–Kier alpha value is -1.19. The molecule has 3 heterocycles. The maximum atomic E-state index is 4.47. The molecule has 1 aromatic rings. The molecule has 1 aromatic heterocycles. The van der Waals surface area contributed by atoms with E-state index in [0.29, 0.717) is 6.04 Å². The summed E-state index contributed by atoms with van der Waals surface area (Å²) in [5, 5.41) is 7.96. The predicted molar refractivity (Wildman–Crippen MR) is 56.8 cm³/mol. The molecule has 1 atom stereocenters. The molecule has 3 rings (SSSR count). The molecule has 2 aliphatic rings. The molecule has 0 unspecified atom stereocenters. The first-order valence-corrected chi connectivity index (χ1v) is 5.31. The van der Waals surface area contributed by atoms with Crippen LogP contribution in [-0.2, 0) is 7.05 Å². The van der Waals surface area contributed by atoms with Gasteiger partial charge in [-0.1, -0.05) is 0 Å². The van der Waals surface area contributed by atoms with E-state index in [2.05, 4.69) is 22.2 Å². The second kappa shape index (κ2) is 2.65. The van der Waals surface area contributed by atoms with Gasteiger partial charge in [0, 0.05) is 26.2 Å². The summed E-state index contributed by atoms with van der Waals surface area (Å²) in [5.74, 6) is 1.29. The Morgan fingerprint density at radius 1 is 1.50 bits per heavy atom. The van der Waals surface area contributed by atoms with E-state index in [0.717, 1.165) is 12.2 Å². The monoisotopic (exact) mass is 192 g/mol. The molecule has 0 aromatic carbocycles. The number of hydrogen-bond donors (Lipinski definition) is 1. The van der Waals surface area contributed by atoms with Crippen molar-refractivity contribution in [2.45, 2.75) is 25.8 Å². The lowest BCUT2D eigenvalue weighted by molar-refractivity contribution is 0.647. The first-order chi connectivity index (χ1) is 6.77. The molecule has 1 saturated heterocycles. The number of nitrogens with one attached hydrogen (secondary N) is 1. The topological polar surface area (TPSA) is 33.1 Å². The van der Waals surface area contributed by atoms with Gasteiger partial charge in [0.25, 0.3) is 0 Å². The second-order valence-corrected chi connectivity index (χ2v) is 4.28. The SMILES string of the molecule is Cc1nn(C)c2c1NC[C@@H]1CCCN21. The molecule has 2 aliphatic heterocycles. The van der Waals surface area contributed by atoms with E-state index in [4.69, 9.17) is 0 Å². The summed E-state index contributed by atoms with van der Waals surface area (Å²) in [5.41, 5.74) is 2.36. The Labute approximate surface area is 83.9 Å². The molecule has 4 heteroatoms. The molecule has 0 bridgehead atoms. The smallest absolute Gasteiger partial charge is 0.150 e. The van der Waals surface area contributed by atoms with Gasteiger partial charge in [-0.15, -0.1) is 0 Å². The van der Waals surface area contributed by atoms with Gasteiger partial charge in [-0.05, 0) is 19.8 Å². The lowest BCUT2D eigenvalue weighted by Gasteiger charge is -2.32. The third-order valence-corrected chi connectivity index (χ3v) is 3.36. The molecule has 1 N–H and O–H groups in total. The fourth-order valence-corrected chi connectivity index (χ4v) is 2.73. The van der Waals surface area contributed by atoms with E-state index in [1.165, 1.54) is 30.9 Å². The van der Waals surface area contributed by atoms with Gasteiger partial charge in [0.15, 0.2) is 5.82 Å². The highest BCUT2D eigenvalue weighted by molar-refractivity contribution is 5.72. The molecule has 0 amide bonds. The maximum Gasteiger partial charge on any atom is 0.150 e. The van der Waals surface area contributed by atoms with Crippen LogP contribution in [0.5, 0.6) is 0 Å². The zero-order chi connectivity index (χ0) is 9.71. The van der Waals surface area contributed by atoms with Crippen molar-refractivity contribution < 1.29 is 0 Å². The summed E-state index contributed by atoms with van der Waals surface area (Å²) in [7, 11) is 2.04. The molecule has 0 aliphatic carbocycles. The van der Waals surface area contributed by atoms with Crippen molar-refractivity contribution in [3.8, 4) is 0 Å². The molecule has 1 fully saturated rings. The first-order valence-electron chi connectivity index (χ1n) is 5.31. The Bertz CT molecular complexity index is 368. The van der Waals surface area contributed by atoms with Crippen molar-refractivity contribution in [3.63, 3.8) is 0 Å². The number of anilines is 2. The molecule has 76 valence electrons. The second-order valence-electron chi connectivity index (χ2n) is 4.28. The number of rotatable bonds is 0. The van der Waals surface area contributed by atoms with Crippen molar-refractivity contribution in [1.82, 2.24) is 9.78 Å². The summed E-state index contributed by atoms with van der Waals surface area (Å²) in [6.45, 7) is 4.35. The van der Waals surface area contributed by atoms with Gasteiger partial charge in [0.1, 0.15) is 5.69 Å². The minimum Gasteiger partial charge on any atom is -0.378 e. The van der Waals surface area contributed by atoms with Crippen LogP contribution in [0, 0.1) is 6.92 Å². The van der Waals surface area contributed by atoms with Crippen LogP contribution in [0.2, 0.25) is 0 Å². The molecule has 14 heavy (non-hydrogen) atoms. The van der Waals surface area contributed by atoms with Crippen LogP contribution in [0.15, 0.2) is 0 Å². The van der Waals surface area contributed by atoms with Gasteiger partial charge in [0.2, 0.25) is 0 Å². The van der Waals surface area contributed by atoms with Crippen LogP contribution in [0.3, 0.4) is 0 Å². The molecule has 0 saturated carbocycles. The van der Waals surface area contributed by atoms with E-state index in [9.17, 15) is 0 Å². The quantitative estimate of drug-likeness (QED) is 0.668. The van der Waals surface area contributed by atoms with Gasteiger partial charge in [0.05, 0.1) is 5.69 Å². The first kappa shape index (κ1) is 8.15. The highest BCUT2D eigenvalue weighted by atomic mass is 15.4. The Balaban J connectivity index is 2.12. The Morgan fingerprint density at radius 3 is 3.21 bits per heavy atom. The fraction of sp³-hybridized carbons (Fsp3) is 0.700. The fourth-order valence-electron chi connectivity index (χ4n) is 2.73. The molecule has 0 radical (unpaired) electrons. The Morgan fingerprint density at radius 2 is 2.36 bits per heavy atom. The predicted octanol–water partition coefficient (Wildman–Crippen LogP) is 1.12. The average molecular weight is 192 g/mol. The number of aromatic nitrogens is 2. The van der Waals surface area contributed by atoms with Crippen molar-refractivity contribution in [3.05, 3.63) is 5.69 Å². The largest absolute Gasteiger partial charge is 0.378 e. The van der Waals surface area contributed by atoms with Gasteiger partial charge in [-0.3, -0.25) is 4.68 Å². The number of aryl methyl sites for hydroxylation is 2. The zero-order valence-electron chi connectivity index (χ0n) is 8.75. The van der Waals surface area contributed by atoms with Crippen LogP contribution in [0.25, 0.3) is 0 Å². The van der Waals surface area contributed by atoms with E-state index < -0.39 is 0 Å². The minimum absolute atomic E-state index is 0.692. The summed E-state index contributed by atoms with van der Waals surface area (Å²) in [6, 6.07) is 0.692. The number of fused-ring (bicyclic) bond motifs is 3. The normalized spacial score (nSPS) is 24.4. The van der Waals surface area contributed by atoms with Gasteiger partial charge < -0.3 is 10.2 Å². The van der Waals surface area contributed by atoms with E-state index >= 15 is 0 Å². The maximum absolute atomic E-state index is 4.47. The highest BCUT2D eigenvalue weighted by Gasteiger charge is 2.33. The summed E-state index contributed by atoms with van der Waals surface area (Å²) < 4.78 is 2.01. The third-order valence-electron chi connectivity index (χ3n) is 3.36. The summed E-state index contributed by atoms with van der Waals surface area (Å²) in [4.78, 5) is 2.51. The van der Waals surface area contributed by atoms with Gasteiger partial charge >= 0.3 is 0 Å². The lowest BCUT2D eigenvalue weighted by atomic mass is 10.1. The third kappa shape index (κ3) is 0.910. The van der Waals surface area contributed by atoms with E-state index in [1.807, 2.05) is 11.7 Å². The van der Waals surface area contributed by atoms with Crippen molar-refractivity contribution in [2.24, 2.45) is 7.05 Å². The number of hydrogen-bond acceptors (Lipinski definition) is 3. The number of nitrogens with zero attached hydrogens (tertiary/aromatic N) is 3. The zero-order valence-corrected chi connectivity index (χ0v) is 8.75. The van der Waals surface area contributed by atoms with E-state index in [1.54, 1.807) is 0 Å². The Kier molecular flexibility index (Phi) is 1.54. The molecular weight excluding hydrogens is 176 g/mol. The van der Waals surface area contributed by atoms with E-state index in [-0.39, 0.29) is 0 Å². The van der Waals surface area contributed by atoms with Crippen molar-refractivity contribution in [2.75, 3.05) is 23.3 Å². The summed E-state index contributed by atoms with van der Waals surface area (Å²) in [6.07, 6.45) is 2.63. The van der Waals surface area contributed by atoms with Crippen LogP contribution < -0.4 is 10.2 Å². The van der Waals surface area contributed by atoms with Gasteiger partial charge in [-0.25, -0.2) is 0 Å². The van der Waals surface area contributed by atoms with Crippen LogP contribution in [0.1, 0.15) is 18.5 Å². The molecular formula is C10H16N4. The average Bonchev–Trinajstić information content (AvgIpc) is 2.71. The van der Waals surface area contributed by atoms with Crippen LogP contribution in [0.4, 0.5) is 11.5 Å². The minimum atomic E-state index is 0.692.